The number of nitrogen functional groups attached to an aromatic ring is 1. The number of nitrogens with one attached hydrogen (secondary N) is 2. The minimum atomic E-state index is -0.0861. The van der Waals surface area contributed by atoms with Gasteiger partial charge in [-0.3, -0.25) is 10.6 Å². The molecule has 1 rings (SSSR count). The van der Waals surface area contributed by atoms with Crippen LogP contribution in [-0.2, 0) is 0 Å². The first-order valence-corrected chi connectivity index (χ1v) is 5.13. The number of hydrogen-bond donors (Lipinski definition) is 3. The summed E-state index contributed by atoms with van der Waals surface area (Å²) in [5, 5.41) is 2.84. The molecule has 1 aromatic carbocycles. The lowest BCUT2D eigenvalue weighted by Gasteiger charge is -2.08. The zero-order valence-corrected chi connectivity index (χ0v) is 8.92. The molecule has 1 amide bonds. The molecule has 15 heavy (non-hydrogen) atoms. The Balaban J connectivity index is 2.64. The van der Waals surface area contributed by atoms with E-state index in [1.54, 1.807) is 12.1 Å². The monoisotopic (exact) mass is 207 g/mol. The third kappa shape index (κ3) is 3.25. The van der Waals surface area contributed by atoms with Gasteiger partial charge in [0, 0.05) is 6.54 Å². The highest BCUT2D eigenvalue weighted by Gasteiger charge is 2.08. The van der Waals surface area contributed by atoms with Crippen LogP contribution in [0.25, 0.3) is 0 Å². The van der Waals surface area contributed by atoms with Crippen LogP contribution in [0.4, 0.5) is 5.69 Å². The van der Waals surface area contributed by atoms with Gasteiger partial charge in [0.25, 0.3) is 5.91 Å². The van der Waals surface area contributed by atoms with Gasteiger partial charge in [-0.05, 0) is 18.6 Å². The Morgan fingerprint density at radius 3 is 2.80 bits per heavy atom. The highest BCUT2D eigenvalue weighted by atomic mass is 16.1. The largest absolute Gasteiger partial charge is 0.352 e. The van der Waals surface area contributed by atoms with E-state index in [1.165, 1.54) is 0 Å². The summed E-state index contributed by atoms with van der Waals surface area (Å²) in [7, 11) is 0. The Bertz CT molecular complexity index is 325. The summed E-state index contributed by atoms with van der Waals surface area (Å²) < 4.78 is 0. The van der Waals surface area contributed by atoms with E-state index >= 15 is 0 Å². The van der Waals surface area contributed by atoms with Gasteiger partial charge in [0.15, 0.2) is 0 Å². The van der Waals surface area contributed by atoms with E-state index < -0.39 is 0 Å². The molecule has 0 aromatic heterocycles. The van der Waals surface area contributed by atoms with Crippen molar-refractivity contribution in [3.05, 3.63) is 29.8 Å². The lowest BCUT2D eigenvalue weighted by molar-refractivity contribution is 0.0954. The summed E-state index contributed by atoms with van der Waals surface area (Å²) in [4.78, 5) is 11.7. The molecular formula is C11H17N3O. The Hall–Kier alpha value is -1.55. The first kappa shape index (κ1) is 11.5. The van der Waals surface area contributed by atoms with Gasteiger partial charge >= 0.3 is 0 Å². The van der Waals surface area contributed by atoms with Gasteiger partial charge in [-0.15, -0.1) is 0 Å². The van der Waals surface area contributed by atoms with Crippen LogP contribution in [0, 0.1) is 0 Å². The Morgan fingerprint density at radius 1 is 1.40 bits per heavy atom. The van der Waals surface area contributed by atoms with Crippen LogP contribution >= 0.6 is 0 Å². The van der Waals surface area contributed by atoms with Crippen LogP contribution in [0.3, 0.4) is 0 Å². The van der Waals surface area contributed by atoms with E-state index in [4.69, 9.17) is 5.84 Å². The van der Waals surface area contributed by atoms with E-state index in [0.29, 0.717) is 17.8 Å². The van der Waals surface area contributed by atoms with Gasteiger partial charge in [0.1, 0.15) is 0 Å². The topological polar surface area (TPSA) is 67.2 Å². The molecule has 0 aliphatic carbocycles. The summed E-state index contributed by atoms with van der Waals surface area (Å²) >= 11 is 0. The van der Waals surface area contributed by atoms with E-state index in [9.17, 15) is 4.79 Å². The molecular weight excluding hydrogens is 190 g/mol. The average Bonchev–Trinajstić information content (AvgIpc) is 2.29. The van der Waals surface area contributed by atoms with E-state index in [-0.39, 0.29) is 5.91 Å². The van der Waals surface area contributed by atoms with Crippen molar-refractivity contribution in [3.63, 3.8) is 0 Å². The molecule has 4 heteroatoms. The molecule has 0 fully saturated rings. The quantitative estimate of drug-likeness (QED) is 0.389. The van der Waals surface area contributed by atoms with E-state index in [1.807, 2.05) is 12.1 Å². The van der Waals surface area contributed by atoms with Gasteiger partial charge in [0.05, 0.1) is 11.3 Å². The van der Waals surface area contributed by atoms with Crippen LogP contribution in [0.5, 0.6) is 0 Å². The standard InChI is InChI=1S/C11H17N3O/c1-2-3-8-13-11(15)9-6-4-5-7-10(9)14-12/h4-7,14H,2-3,8,12H2,1H3,(H,13,15). The summed E-state index contributed by atoms with van der Waals surface area (Å²) in [6.45, 7) is 2.79. The second-order valence-corrected chi connectivity index (χ2v) is 3.30. The first-order valence-electron chi connectivity index (χ1n) is 5.13. The Morgan fingerprint density at radius 2 is 2.13 bits per heavy atom. The fraction of sp³-hybridized carbons (Fsp3) is 0.364. The predicted octanol–water partition coefficient (Wildman–Crippen LogP) is 1.50. The lowest BCUT2D eigenvalue weighted by atomic mass is 10.1. The van der Waals surface area contributed by atoms with Crippen LogP contribution in [0.1, 0.15) is 30.1 Å². The van der Waals surface area contributed by atoms with Crippen molar-refractivity contribution >= 4 is 11.6 Å². The molecule has 1 aromatic rings. The van der Waals surface area contributed by atoms with Crippen molar-refractivity contribution < 1.29 is 4.79 Å². The third-order valence-electron chi connectivity index (χ3n) is 2.14. The molecule has 0 unspecified atom stereocenters. The van der Waals surface area contributed by atoms with Crippen molar-refractivity contribution in [1.29, 1.82) is 0 Å². The number of amides is 1. The molecule has 4 nitrogen and oxygen atoms in total. The number of rotatable bonds is 5. The molecule has 0 atom stereocenters. The fourth-order valence-corrected chi connectivity index (χ4v) is 1.28. The molecule has 0 saturated heterocycles. The maximum absolute atomic E-state index is 11.7. The number of hydrazine groups is 1. The zero-order chi connectivity index (χ0) is 11.1. The number of unbranched alkanes of at least 4 members (excludes halogenated alkanes) is 1. The molecule has 0 spiro atoms. The van der Waals surface area contributed by atoms with Crippen molar-refractivity contribution in [3.8, 4) is 0 Å². The molecule has 0 heterocycles. The number of anilines is 1. The van der Waals surface area contributed by atoms with E-state index in [0.717, 1.165) is 12.8 Å². The summed E-state index contributed by atoms with van der Waals surface area (Å²) in [6, 6.07) is 7.17. The number of benzene rings is 1. The van der Waals surface area contributed by atoms with Crippen LogP contribution in [0.15, 0.2) is 24.3 Å². The number of carbonyl (C=O) groups excluding carboxylic acids is 1. The average molecular weight is 207 g/mol. The van der Waals surface area contributed by atoms with Crippen molar-refractivity contribution in [2.45, 2.75) is 19.8 Å². The Labute approximate surface area is 89.8 Å². The summed E-state index contributed by atoms with van der Waals surface area (Å²) in [5.41, 5.74) is 3.73. The molecule has 0 aliphatic rings. The van der Waals surface area contributed by atoms with Gasteiger partial charge in [0.2, 0.25) is 0 Å². The maximum atomic E-state index is 11.7. The third-order valence-corrected chi connectivity index (χ3v) is 2.14. The zero-order valence-electron chi connectivity index (χ0n) is 8.92. The van der Waals surface area contributed by atoms with Crippen molar-refractivity contribution in [1.82, 2.24) is 5.32 Å². The minimum Gasteiger partial charge on any atom is -0.352 e. The summed E-state index contributed by atoms with van der Waals surface area (Å²) in [6.07, 6.45) is 2.06. The maximum Gasteiger partial charge on any atom is 0.253 e. The van der Waals surface area contributed by atoms with Crippen molar-refractivity contribution in [2.24, 2.45) is 5.84 Å². The summed E-state index contributed by atoms with van der Waals surface area (Å²) in [5.74, 6) is 5.23. The van der Waals surface area contributed by atoms with Crippen LogP contribution in [-0.4, -0.2) is 12.5 Å². The first-order chi connectivity index (χ1) is 7.29. The number of hydrogen-bond acceptors (Lipinski definition) is 3. The van der Waals surface area contributed by atoms with Gasteiger partial charge < -0.3 is 10.7 Å². The highest BCUT2D eigenvalue weighted by Crippen LogP contribution is 2.12. The molecule has 0 aliphatic heterocycles. The number of carbonyl (C=O) groups is 1. The number of nitrogens with two attached hydrogens (primary N) is 1. The Kier molecular flexibility index (Phi) is 4.63. The van der Waals surface area contributed by atoms with Gasteiger partial charge in [-0.25, -0.2) is 0 Å². The second kappa shape index (κ2) is 6.03. The predicted molar refractivity (Wildman–Crippen MR) is 61.5 cm³/mol. The minimum absolute atomic E-state index is 0.0861. The lowest BCUT2D eigenvalue weighted by Crippen LogP contribution is -2.26. The molecule has 0 bridgehead atoms. The molecule has 0 radical (unpaired) electrons. The van der Waals surface area contributed by atoms with Crippen LogP contribution in [0.2, 0.25) is 0 Å². The van der Waals surface area contributed by atoms with E-state index in [2.05, 4.69) is 17.7 Å². The van der Waals surface area contributed by atoms with Gasteiger partial charge in [-0.1, -0.05) is 25.5 Å². The number of para-hydroxylation sites is 1. The molecule has 82 valence electrons. The molecule has 4 N–H and O–H groups in total. The smallest absolute Gasteiger partial charge is 0.253 e. The van der Waals surface area contributed by atoms with Crippen molar-refractivity contribution in [2.75, 3.05) is 12.0 Å². The second-order valence-electron chi connectivity index (χ2n) is 3.30. The fourth-order valence-electron chi connectivity index (χ4n) is 1.28. The highest BCUT2D eigenvalue weighted by molar-refractivity contribution is 5.99. The molecule has 0 saturated carbocycles. The SMILES string of the molecule is CCCCNC(=O)c1ccccc1NN. The van der Waals surface area contributed by atoms with Gasteiger partial charge in [-0.2, -0.15) is 0 Å². The normalized spacial score (nSPS) is 9.73. The van der Waals surface area contributed by atoms with Crippen LogP contribution < -0.4 is 16.6 Å².